The highest BCUT2D eigenvalue weighted by Gasteiger charge is 2.26. The van der Waals surface area contributed by atoms with Crippen LogP contribution in [0, 0.1) is 0 Å². The molecule has 0 unspecified atom stereocenters. The Bertz CT molecular complexity index is 2640. The minimum atomic E-state index is 0.877. The van der Waals surface area contributed by atoms with Gasteiger partial charge in [-0.05, 0) is 77.0 Å². The fourth-order valence-corrected chi connectivity index (χ4v) is 7.54. The van der Waals surface area contributed by atoms with Crippen molar-refractivity contribution in [2.24, 2.45) is 0 Å². The first kappa shape index (κ1) is 26.0. The van der Waals surface area contributed by atoms with Gasteiger partial charge < -0.3 is 14.2 Å². The Morgan fingerprint density at radius 1 is 0.404 bits per heavy atom. The molecule has 10 rings (SSSR count). The van der Waals surface area contributed by atoms with Crippen LogP contribution in [-0.2, 0) is 0 Å². The first-order chi connectivity index (χ1) is 23.3. The van der Waals surface area contributed by atoms with Gasteiger partial charge in [0.05, 0.1) is 28.1 Å². The van der Waals surface area contributed by atoms with Gasteiger partial charge in [-0.25, -0.2) is 0 Å². The Balaban J connectivity index is 1.20. The van der Waals surface area contributed by atoms with Gasteiger partial charge in [-0.15, -0.1) is 0 Å². The Morgan fingerprint density at radius 2 is 1.02 bits per heavy atom. The molecule has 220 valence electrons. The van der Waals surface area contributed by atoms with Gasteiger partial charge in [-0.3, -0.25) is 0 Å². The van der Waals surface area contributed by atoms with Gasteiger partial charge in [-0.2, -0.15) is 0 Å². The number of para-hydroxylation sites is 2. The van der Waals surface area contributed by atoms with Crippen molar-refractivity contribution in [1.82, 2.24) is 0 Å². The van der Waals surface area contributed by atoms with Crippen LogP contribution in [0.2, 0.25) is 0 Å². The van der Waals surface area contributed by atoms with Crippen molar-refractivity contribution in [2.45, 2.75) is 0 Å². The number of rotatable bonds is 4. The standard InChI is InChI=1S/C44H28N2O/c1-2-15-33-29(11-1)12-8-20-37(33)45(40-22-10-24-42-44(40)36-17-4-6-23-41(36)47-42)31-25-27-32(28-26-31)46-38-19-5-3-16-34(38)35-18-7-13-30-14-9-21-39(46)43(30)35/h1-28H. The Hall–Kier alpha value is -6.32. The highest BCUT2D eigenvalue weighted by Crippen LogP contribution is 2.51. The fourth-order valence-electron chi connectivity index (χ4n) is 7.54. The van der Waals surface area contributed by atoms with Crippen LogP contribution in [0.3, 0.4) is 0 Å². The molecule has 0 saturated carbocycles. The first-order valence-corrected chi connectivity index (χ1v) is 16.0. The number of fused-ring (bicyclic) bond motifs is 6. The normalized spacial score (nSPS) is 12.2. The van der Waals surface area contributed by atoms with Crippen LogP contribution in [0.15, 0.2) is 174 Å². The van der Waals surface area contributed by atoms with E-state index in [1.165, 1.54) is 44.0 Å². The molecule has 3 heteroatoms. The lowest BCUT2D eigenvalue weighted by molar-refractivity contribution is 0.669. The molecule has 1 aromatic heterocycles. The van der Waals surface area contributed by atoms with E-state index < -0.39 is 0 Å². The van der Waals surface area contributed by atoms with Gasteiger partial charge >= 0.3 is 0 Å². The minimum Gasteiger partial charge on any atom is -0.456 e. The van der Waals surface area contributed by atoms with Crippen molar-refractivity contribution >= 4 is 77.6 Å². The number of anilines is 6. The molecular formula is C44H28N2O. The lowest BCUT2D eigenvalue weighted by atomic mass is 9.91. The first-order valence-electron chi connectivity index (χ1n) is 16.0. The third-order valence-corrected chi connectivity index (χ3v) is 9.55. The zero-order chi connectivity index (χ0) is 30.9. The van der Waals surface area contributed by atoms with E-state index >= 15 is 0 Å². The highest BCUT2D eigenvalue weighted by molar-refractivity contribution is 6.15. The third-order valence-electron chi connectivity index (χ3n) is 9.55. The predicted octanol–water partition coefficient (Wildman–Crippen LogP) is 12.8. The smallest absolute Gasteiger partial charge is 0.137 e. The maximum atomic E-state index is 6.36. The molecule has 1 aliphatic heterocycles. The van der Waals surface area contributed by atoms with E-state index in [1.807, 2.05) is 12.1 Å². The van der Waals surface area contributed by atoms with Crippen LogP contribution < -0.4 is 9.80 Å². The summed E-state index contributed by atoms with van der Waals surface area (Å²) < 4.78 is 6.36. The molecule has 1 aliphatic rings. The van der Waals surface area contributed by atoms with E-state index in [1.54, 1.807) is 0 Å². The lowest BCUT2D eigenvalue weighted by Crippen LogP contribution is -2.15. The number of nitrogens with zero attached hydrogens (tertiary/aromatic N) is 2. The summed E-state index contributed by atoms with van der Waals surface area (Å²) in [5.41, 5.74) is 11.1. The number of hydrogen-bond donors (Lipinski definition) is 0. The van der Waals surface area contributed by atoms with Crippen LogP contribution in [-0.4, -0.2) is 0 Å². The second kappa shape index (κ2) is 10.1. The summed E-state index contributed by atoms with van der Waals surface area (Å²) in [5, 5.41) is 7.14. The quantitative estimate of drug-likeness (QED) is 0.200. The zero-order valence-electron chi connectivity index (χ0n) is 25.5. The van der Waals surface area contributed by atoms with Crippen LogP contribution in [0.25, 0.3) is 54.6 Å². The predicted molar refractivity (Wildman–Crippen MR) is 197 cm³/mol. The molecule has 0 atom stereocenters. The molecule has 0 fully saturated rings. The van der Waals surface area contributed by atoms with Gasteiger partial charge in [0.15, 0.2) is 0 Å². The molecule has 9 aromatic rings. The van der Waals surface area contributed by atoms with Crippen LogP contribution in [0.4, 0.5) is 34.1 Å². The molecule has 0 N–H and O–H groups in total. The molecular weight excluding hydrogens is 572 g/mol. The van der Waals surface area contributed by atoms with E-state index in [0.717, 1.165) is 44.7 Å². The molecule has 0 aliphatic carbocycles. The molecule has 0 saturated heterocycles. The molecule has 3 nitrogen and oxygen atoms in total. The summed E-state index contributed by atoms with van der Waals surface area (Å²) in [5.74, 6) is 0. The molecule has 2 heterocycles. The van der Waals surface area contributed by atoms with E-state index in [0.29, 0.717) is 0 Å². The van der Waals surface area contributed by atoms with Gasteiger partial charge in [0.1, 0.15) is 11.2 Å². The topological polar surface area (TPSA) is 19.6 Å². The van der Waals surface area contributed by atoms with Crippen LogP contribution in [0.1, 0.15) is 0 Å². The van der Waals surface area contributed by atoms with Gasteiger partial charge in [0, 0.05) is 33.1 Å². The number of benzene rings is 8. The lowest BCUT2D eigenvalue weighted by Gasteiger charge is -2.34. The molecule has 8 aromatic carbocycles. The van der Waals surface area contributed by atoms with Crippen molar-refractivity contribution in [1.29, 1.82) is 0 Å². The number of hydrogen-bond acceptors (Lipinski definition) is 3. The summed E-state index contributed by atoms with van der Waals surface area (Å²) in [6, 6.07) is 60.8. The summed E-state index contributed by atoms with van der Waals surface area (Å²) in [7, 11) is 0. The van der Waals surface area contributed by atoms with Crippen molar-refractivity contribution in [3.05, 3.63) is 170 Å². The average molecular weight is 601 g/mol. The molecule has 0 radical (unpaired) electrons. The molecule has 0 bridgehead atoms. The maximum absolute atomic E-state index is 6.36. The summed E-state index contributed by atoms with van der Waals surface area (Å²) in [6.45, 7) is 0. The SMILES string of the molecule is c1ccc2c(c1)-c1cccc3cccc(c13)N2c1ccc(N(c2cccc3ccccc23)c2cccc3oc4ccccc4c23)cc1. The van der Waals surface area contributed by atoms with Gasteiger partial charge in [0.25, 0.3) is 0 Å². The van der Waals surface area contributed by atoms with E-state index in [2.05, 4.69) is 168 Å². The van der Waals surface area contributed by atoms with Crippen molar-refractivity contribution in [3.63, 3.8) is 0 Å². The Kier molecular flexibility index (Phi) is 5.57. The van der Waals surface area contributed by atoms with E-state index in [9.17, 15) is 0 Å². The van der Waals surface area contributed by atoms with Crippen LogP contribution >= 0.6 is 0 Å². The van der Waals surface area contributed by atoms with E-state index in [4.69, 9.17) is 4.42 Å². The third kappa shape index (κ3) is 3.87. The van der Waals surface area contributed by atoms with E-state index in [-0.39, 0.29) is 0 Å². The minimum absolute atomic E-state index is 0.877. The second-order valence-corrected chi connectivity index (χ2v) is 12.1. The fraction of sp³-hybridized carbons (Fsp3) is 0. The summed E-state index contributed by atoms with van der Waals surface area (Å²) in [4.78, 5) is 4.79. The zero-order valence-corrected chi connectivity index (χ0v) is 25.5. The van der Waals surface area contributed by atoms with Crippen LogP contribution in [0.5, 0.6) is 0 Å². The molecule has 0 amide bonds. The van der Waals surface area contributed by atoms with Crippen molar-refractivity contribution in [2.75, 3.05) is 9.80 Å². The van der Waals surface area contributed by atoms with Crippen molar-refractivity contribution < 1.29 is 4.42 Å². The largest absolute Gasteiger partial charge is 0.456 e. The second-order valence-electron chi connectivity index (χ2n) is 12.1. The molecule has 47 heavy (non-hydrogen) atoms. The Morgan fingerprint density at radius 3 is 1.94 bits per heavy atom. The Labute approximate surface area is 272 Å². The maximum Gasteiger partial charge on any atom is 0.137 e. The average Bonchev–Trinajstić information content (AvgIpc) is 3.52. The number of furan rings is 1. The van der Waals surface area contributed by atoms with Gasteiger partial charge in [-0.1, -0.05) is 109 Å². The summed E-state index contributed by atoms with van der Waals surface area (Å²) >= 11 is 0. The molecule has 0 spiro atoms. The van der Waals surface area contributed by atoms with Crippen molar-refractivity contribution in [3.8, 4) is 11.1 Å². The van der Waals surface area contributed by atoms with Gasteiger partial charge in [0.2, 0.25) is 0 Å². The monoisotopic (exact) mass is 600 g/mol. The highest BCUT2D eigenvalue weighted by atomic mass is 16.3. The summed E-state index contributed by atoms with van der Waals surface area (Å²) in [6.07, 6.45) is 0.